The Morgan fingerprint density at radius 3 is 2.08 bits per heavy atom. The maximum Gasteiger partial charge on any atom is 0.332 e. The van der Waals surface area contributed by atoms with E-state index in [9.17, 15) is 4.79 Å². The van der Waals surface area contributed by atoms with Crippen LogP contribution in [0, 0.1) is 5.92 Å². The fourth-order valence-corrected chi connectivity index (χ4v) is 1.68. The molecule has 25 heavy (non-hydrogen) atoms. The fourth-order valence-electron chi connectivity index (χ4n) is 1.68. The van der Waals surface area contributed by atoms with Crippen LogP contribution < -0.4 is 10.5 Å². The number of carbonyl (C=O) groups is 1. The molecule has 0 unspecified atom stereocenters. The molecule has 0 aliphatic rings. The van der Waals surface area contributed by atoms with Crippen LogP contribution in [0.25, 0.3) is 0 Å². The molecule has 1 rings (SSSR count). The largest absolute Gasteiger partial charge is 0.491 e. The summed E-state index contributed by atoms with van der Waals surface area (Å²) < 4.78 is 26.4. The average Bonchev–Trinajstić information content (AvgIpc) is 2.59. The van der Waals surface area contributed by atoms with E-state index in [1.807, 2.05) is 26.0 Å². The van der Waals surface area contributed by atoms with Crippen LogP contribution in [0.3, 0.4) is 0 Å². The minimum Gasteiger partial charge on any atom is -0.491 e. The summed E-state index contributed by atoms with van der Waals surface area (Å²) in [7, 11) is 0. The van der Waals surface area contributed by atoms with Crippen LogP contribution in [0.15, 0.2) is 24.3 Å². The van der Waals surface area contributed by atoms with E-state index in [2.05, 4.69) is 0 Å². The van der Waals surface area contributed by atoms with Gasteiger partial charge in [-0.15, -0.1) is 0 Å². The first kappa shape index (κ1) is 21.2. The number of ether oxygens (including phenoxy) is 5. The minimum atomic E-state index is -0.349. The fraction of sp³-hybridized carbons (Fsp3) is 0.611. The molecule has 0 atom stereocenters. The number of nitrogens with two attached hydrogens (primary N) is 1. The minimum absolute atomic E-state index is 0.0466. The van der Waals surface area contributed by atoms with E-state index in [0.717, 1.165) is 5.75 Å². The van der Waals surface area contributed by atoms with Crippen LogP contribution in [0.4, 0.5) is 5.69 Å². The standard InChI is InChI=1S/C18H29NO6/c1-15(2)13-25-18(20)14-23-10-9-21-7-8-22-11-12-24-17-5-3-16(19)4-6-17/h3-6,15H,7-14,19H2,1-2H3. The van der Waals surface area contributed by atoms with E-state index in [4.69, 9.17) is 29.4 Å². The summed E-state index contributed by atoms with van der Waals surface area (Å²) in [5, 5.41) is 0. The van der Waals surface area contributed by atoms with E-state index < -0.39 is 0 Å². The number of nitrogen functional groups attached to an aromatic ring is 1. The summed E-state index contributed by atoms with van der Waals surface area (Å²) in [6.07, 6.45) is 0. The van der Waals surface area contributed by atoms with Gasteiger partial charge in [-0.3, -0.25) is 0 Å². The van der Waals surface area contributed by atoms with Gasteiger partial charge in [-0.05, 0) is 30.2 Å². The third-order valence-electron chi connectivity index (χ3n) is 2.92. The number of carbonyl (C=O) groups excluding carboxylic acids is 1. The first-order valence-electron chi connectivity index (χ1n) is 8.45. The summed E-state index contributed by atoms with van der Waals surface area (Å²) >= 11 is 0. The summed E-state index contributed by atoms with van der Waals surface area (Å²) in [6.45, 7) is 6.96. The van der Waals surface area contributed by atoms with E-state index in [-0.39, 0.29) is 12.6 Å². The number of benzene rings is 1. The predicted molar refractivity (Wildman–Crippen MR) is 94.6 cm³/mol. The van der Waals surface area contributed by atoms with Crippen molar-refractivity contribution in [3.63, 3.8) is 0 Å². The molecule has 0 bridgehead atoms. The normalized spacial score (nSPS) is 10.8. The summed E-state index contributed by atoms with van der Waals surface area (Å²) in [5.74, 6) is 0.737. The van der Waals surface area contributed by atoms with Crippen molar-refractivity contribution in [2.75, 3.05) is 58.6 Å². The highest BCUT2D eigenvalue weighted by molar-refractivity contribution is 5.70. The Bertz CT molecular complexity index is 463. The lowest BCUT2D eigenvalue weighted by atomic mass is 10.2. The Kier molecular flexibility index (Phi) is 11.4. The Labute approximate surface area is 149 Å². The number of hydrogen-bond donors (Lipinski definition) is 1. The lowest BCUT2D eigenvalue weighted by molar-refractivity contribution is -0.150. The van der Waals surface area contributed by atoms with Crippen LogP contribution in [0.5, 0.6) is 5.75 Å². The Morgan fingerprint density at radius 1 is 0.920 bits per heavy atom. The van der Waals surface area contributed by atoms with Gasteiger partial charge in [-0.25, -0.2) is 4.79 Å². The third-order valence-corrected chi connectivity index (χ3v) is 2.92. The lowest BCUT2D eigenvalue weighted by Gasteiger charge is -2.09. The van der Waals surface area contributed by atoms with Crippen molar-refractivity contribution in [3.05, 3.63) is 24.3 Å². The van der Waals surface area contributed by atoms with Crippen LogP contribution in [0.1, 0.15) is 13.8 Å². The molecule has 0 amide bonds. The lowest BCUT2D eigenvalue weighted by Crippen LogP contribution is -2.18. The van der Waals surface area contributed by atoms with Gasteiger partial charge >= 0.3 is 5.97 Å². The molecule has 0 saturated carbocycles. The van der Waals surface area contributed by atoms with E-state index in [0.29, 0.717) is 57.9 Å². The SMILES string of the molecule is CC(C)COC(=O)COCCOCCOCCOc1ccc(N)cc1. The van der Waals surface area contributed by atoms with Crippen LogP contribution in [0.2, 0.25) is 0 Å². The van der Waals surface area contributed by atoms with Crippen molar-refractivity contribution in [1.29, 1.82) is 0 Å². The van der Waals surface area contributed by atoms with Gasteiger partial charge in [0.1, 0.15) is 19.0 Å². The monoisotopic (exact) mass is 355 g/mol. The zero-order valence-corrected chi connectivity index (χ0v) is 15.1. The summed E-state index contributed by atoms with van der Waals surface area (Å²) in [5.41, 5.74) is 6.30. The molecule has 0 spiro atoms. The van der Waals surface area contributed by atoms with E-state index >= 15 is 0 Å². The van der Waals surface area contributed by atoms with Crippen molar-refractivity contribution < 1.29 is 28.5 Å². The molecular weight excluding hydrogens is 326 g/mol. The smallest absolute Gasteiger partial charge is 0.332 e. The van der Waals surface area contributed by atoms with Gasteiger partial charge in [0.15, 0.2) is 0 Å². The topological polar surface area (TPSA) is 89.2 Å². The quantitative estimate of drug-likeness (QED) is 0.310. The molecule has 7 nitrogen and oxygen atoms in total. The molecule has 2 N–H and O–H groups in total. The number of esters is 1. The second-order valence-electron chi connectivity index (χ2n) is 5.77. The van der Waals surface area contributed by atoms with Crippen molar-refractivity contribution in [2.24, 2.45) is 5.92 Å². The average molecular weight is 355 g/mol. The predicted octanol–water partition coefficient (Wildman–Crippen LogP) is 1.90. The number of hydrogen-bond acceptors (Lipinski definition) is 7. The van der Waals surface area contributed by atoms with E-state index in [1.54, 1.807) is 12.1 Å². The highest BCUT2D eigenvalue weighted by atomic mass is 16.6. The highest BCUT2D eigenvalue weighted by Gasteiger charge is 2.04. The van der Waals surface area contributed by atoms with Gasteiger partial charge in [0.05, 0.1) is 39.6 Å². The first-order chi connectivity index (χ1) is 12.1. The highest BCUT2D eigenvalue weighted by Crippen LogP contribution is 2.12. The summed E-state index contributed by atoms with van der Waals surface area (Å²) in [6, 6.07) is 7.21. The third kappa shape index (κ3) is 12.2. The van der Waals surface area contributed by atoms with Gasteiger partial charge in [0.25, 0.3) is 0 Å². The molecule has 0 saturated heterocycles. The Morgan fingerprint density at radius 2 is 1.48 bits per heavy atom. The Hall–Kier alpha value is -1.83. The van der Waals surface area contributed by atoms with Crippen molar-refractivity contribution >= 4 is 11.7 Å². The molecule has 0 aliphatic heterocycles. The maximum atomic E-state index is 11.3. The molecule has 0 heterocycles. The van der Waals surface area contributed by atoms with Gasteiger partial charge in [0, 0.05) is 5.69 Å². The molecule has 1 aromatic rings. The van der Waals surface area contributed by atoms with Gasteiger partial charge in [-0.2, -0.15) is 0 Å². The van der Waals surface area contributed by atoms with E-state index in [1.165, 1.54) is 0 Å². The van der Waals surface area contributed by atoms with Crippen LogP contribution >= 0.6 is 0 Å². The molecular formula is C18H29NO6. The summed E-state index contributed by atoms with van der Waals surface area (Å²) in [4.78, 5) is 11.3. The van der Waals surface area contributed by atoms with Gasteiger partial charge < -0.3 is 29.4 Å². The number of rotatable bonds is 14. The molecule has 1 aromatic carbocycles. The second-order valence-corrected chi connectivity index (χ2v) is 5.77. The Balaban J connectivity index is 1.83. The second kappa shape index (κ2) is 13.5. The maximum absolute atomic E-state index is 11.3. The van der Waals surface area contributed by atoms with Gasteiger partial charge in [-0.1, -0.05) is 13.8 Å². The van der Waals surface area contributed by atoms with Gasteiger partial charge in [0.2, 0.25) is 0 Å². The van der Waals surface area contributed by atoms with Crippen LogP contribution in [-0.4, -0.2) is 58.8 Å². The number of anilines is 1. The molecule has 142 valence electrons. The van der Waals surface area contributed by atoms with Crippen molar-refractivity contribution in [3.8, 4) is 5.75 Å². The molecule has 7 heteroatoms. The van der Waals surface area contributed by atoms with Crippen LogP contribution in [-0.2, 0) is 23.7 Å². The zero-order chi connectivity index (χ0) is 18.3. The molecule has 0 aliphatic carbocycles. The molecule has 0 radical (unpaired) electrons. The zero-order valence-electron chi connectivity index (χ0n) is 15.1. The first-order valence-corrected chi connectivity index (χ1v) is 8.45. The molecule has 0 aromatic heterocycles. The van der Waals surface area contributed by atoms with Crippen molar-refractivity contribution in [1.82, 2.24) is 0 Å². The van der Waals surface area contributed by atoms with Crippen molar-refractivity contribution in [2.45, 2.75) is 13.8 Å². The molecule has 0 fully saturated rings.